The van der Waals surface area contributed by atoms with Gasteiger partial charge in [-0.25, -0.2) is 7.91 Å². The van der Waals surface area contributed by atoms with Gasteiger partial charge >= 0.3 is 5.69 Å². The summed E-state index contributed by atoms with van der Waals surface area (Å²) in [6.07, 6.45) is 6.67. The molecule has 0 radical (unpaired) electrons. The van der Waals surface area contributed by atoms with Crippen molar-refractivity contribution >= 4 is 33.6 Å². The average molecular weight is 502 g/mol. The number of aromatic amines is 1. The van der Waals surface area contributed by atoms with Crippen LogP contribution in [0.4, 0.5) is 0 Å². The Labute approximate surface area is 185 Å². The molecular formula is C23H27IN4O. The summed E-state index contributed by atoms with van der Waals surface area (Å²) in [5.74, 6) is 0. The molecule has 3 aromatic rings. The van der Waals surface area contributed by atoms with E-state index in [0.717, 1.165) is 43.2 Å². The molecule has 29 heavy (non-hydrogen) atoms. The molecule has 2 aliphatic heterocycles. The van der Waals surface area contributed by atoms with E-state index in [2.05, 4.69) is 78.3 Å². The fourth-order valence-electron chi connectivity index (χ4n) is 4.91. The zero-order valence-corrected chi connectivity index (χ0v) is 18.7. The van der Waals surface area contributed by atoms with E-state index in [4.69, 9.17) is 0 Å². The van der Waals surface area contributed by atoms with Gasteiger partial charge in [-0.2, -0.15) is 0 Å². The molecule has 6 heteroatoms. The van der Waals surface area contributed by atoms with Crippen LogP contribution in [0.25, 0.3) is 22.0 Å². The first kappa shape index (κ1) is 19.3. The second-order valence-corrected chi connectivity index (χ2v) is 9.71. The van der Waals surface area contributed by atoms with Crippen molar-refractivity contribution in [3.8, 4) is 11.3 Å². The molecule has 3 heterocycles. The van der Waals surface area contributed by atoms with Crippen molar-refractivity contribution in [2.45, 2.75) is 37.8 Å². The first-order valence-corrected chi connectivity index (χ1v) is 11.6. The normalized spacial score (nSPS) is 20.4. The molecule has 5 rings (SSSR count). The van der Waals surface area contributed by atoms with Gasteiger partial charge in [-0.05, 0) is 42.5 Å². The largest absolute Gasteiger partial charge is 0.326 e. The predicted molar refractivity (Wildman–Crippen MR) is 126 cm³/mol. The van der Waals surface area contributed by atoms with Gasteiger partial charge in [0, 0.05) is 72.9 Å². The summed E-state index contributed by atoms with van der Waals surface area (Å²) in [6, 6.07) is 15.7. The molecule has 0 amide bonds. The lowest BCUT2D eigenvalue weighted by atomic mass is 9.98. The van der Waals surface area contributed by atoms with Gasteiger partial charge < -0.3 is 9.88 Å². The van der Waals surface area contributed by atoms with Gasteiger partial charge in [0.2, 0.25) is 0 Å². The van der Waals surface area contributed by atoms with Crippen LogP contribution in [0.3, 0.4) is 0 Å². The number of imidazole rings is 1. The number of halogens is 1. The molecule has 0 unspecified atom stereocenters. The number of rotatable bonds is 3. The number of nitrogens with one attached hydrogen (secondary N) is 1. The molecule has 5 nitrogen and oxygen atoms in total. The van der Waals surface area contributed by atoms with Gasteiger partial charge in [-0.15, -0.1) is 0 Å². The summed E-state index contributed by atoms with van der Waals surface area (Å²) in [5.41, 5.74) is 2.00. The van der Waals surface area contributed by atoms with Gasteiger partial charge in [-0.3, -0.25) is 4.57 Å². The fraction of sp³-hybridized carbons (Fsp3) is 0.435. The molecular weight excluding hydrogens is 475 g/mol. The number of likely N-dealkylation sites (tertiary alicyclic amines) is 1. The van der Waals surface area contributed by atoms with Crippen LogP contribution in [0.2, 0.25) is 0 Å². The Morgan fingerprint density at radius 2 is 1.55 bits per heavy atom. The highest BCUT2D eigenvalue weighted by Crippen LogP contribution is 2.28. The van der Waals surface area contributed by atoms with E-state index >= 15 is 0 Å². The summed E-state index contributed by atoms with van der Waals surface area (Å²) in [7, 11) is 0. The molecule has 1 N–H and O–H groups in total. The highest BCUT2D eigenvalue weighted by molar-refractivity contribution is 14.1. The van der Waals surface area contributed by atoms with Crippen molar-refractivity contribution in [2.24, 2.45) is 0 Å². The van der Waals surface area contributed by atoms with Crippen molar-refractivity contribution in [1.82, 2.24) is 17.6 Å². The molecule has 2 fully saturated rings. The smallest absolute Gasteiger partial charge is 0.306 e. The van der Waals surface area contributed by atoms with Crippen LogP contribution in [0.1, 0.15) is 31.7 Å². The van der Waals surface area contributed by atoms with E-state index < -0.39 is 0 Å². The highest BCUT2D eigenvalue weighted by atomic mass is 127. The molecule has 2 saturated heterocycles. The van der Waals surface area contributed by atoms with E-state index in [1.54, 1.807) is 0 Å². The summed E-state index contributed by atoms with van der Waals surface area (Å²) in [4.78, 5) is 18.4. The molecule has 2 aromatic carbocycles. The number of fused-ring (bicyclic) bond motifs is 1. The highest BCUT2D eigenvalue weighted by Gasteiger charge is 2.29. The second kappa shape index (κ2) is 8.24. The Balaban J connectivity index is 1.30. The number of benzene rings is 2. The van der Waals surface area contributed by atoms with Gasteiger partial charge in [0.05, 0.1) is 5.69 Å². The maximum Gasteiger partial charge on any atom is 0.326 e. The van der Waals surface area contributed by atoms with E-state index in [-0.39, 0.29) is 5.69 Å². The van der Waals surface area contributed by atoms with Crippen molar-refractivity contribution in [1.29, 1.82) is 0 Å². The Hall–Kier alpha value is -1.64. The van der Waals surface area contributed by atoms with Gasteiger partial charge in [0.15, 0.2) is 0 Å². The lowest BCUT2D eigenvalue weighted by Crippen LogP contribution is -2.46. The SMILES string of the molecule is O=c1[nH]c(-c2ccc3ccccc3c2)cn1C1CCN(C2CCN(I)CC2)CC1. The molecule has 0 spiro atoms. The third kappa shape index (κ3) is 4.02. The summed E-state index contributed by atoms with van der Waals surface area (Å²) < 4.78 is 4.34. The summed E-state index contributed by atoms with van der Waals surface area (Å²) >= 11 is 2.44. The van der Waals surface area contributed by atoms with Crippen molar-refractivity contribution in [2.75, 3.05) is 26.2 Å². The van der Waals surface area contributed by atoms with Crippen LogP contribution in [-0.4, -0.2) is 49.8 Å². The summed E-state index contributed by atoms with van der Waals surface area (Å²) in [5, 5.41) is 2.42. The number of nitrogens with zero attached hydrogens (tertiary/aromatic N) is 3. The van der Waals surface area contributed by atoms with E-state index in [1.807, 2.05) is 10.8 Å². The van der Waals surface area contributed by atoms with E-state index in [9.17, 15) is 4.79 Å². The van der Waals surface area contributed by atoms with Crippen LogP contribution in [0, 0.1) is 0 Å². The van der Waals surface area contributed by atoms with Crippen molar-refractivity contribution < 1.29 is 0 Å². The number of piperidine rings is 2. The van der Waals surface area contributed by atoms with Gasteiger partial charge in [0.25, 0.3) is 0 Å². The second-order valence-electron chi connectivity index (χ2n) is 8.35. The number of hydrogen-bond donors (Lipinski definition) is 1. The molecule has 0 atom stereocenters. The molecule has 0 saturated carbocycles. The lowest BCUT2D eigenvalue weighted by Gasteiger charge is -2.40. The van der Waals surface area contributed by atoms with Crippen LogP contribution in [-0.2, 0) is 0 Å². The summed E-state index contributed by atoms with van der Waals surface area (Å²) in [6.45, 7) is 4.58. The van der Waals surface area contributed by atoms with Crippen molar-refractivity contribution in [3.63, 3.8) is 0 Å². The third-order valence-electron chi connectivity index (χ3n) is 6.62. The predicted octanol–water partition coefficient (Wildman–Crippen LogP) is 4.45. The van der Waals surface area contributed by atoms with Crippen LogP contribution in [0.15, 0.2) is 53.5 Å². The van der Waals surface area contributed by atoms with Crippen LogP contribution in [0.5, 0.6) is 0 Å². The zero-order valence-electron chi connectivity index (χ0n) is 16.6. The Kier molecular flexibility index (Phi) is 5.49. The lowest BCUT2D eigenvalue weighted by molar-refractivity contribution is 0.103. The molecule has 0 aliphatic carbocycles. The first-order valence-electron chi connectivity index (χ1n) is 10.6. The minimum Gasteiger partial charge on any atom is -0.306 e. The van der Waals surface area contributed by atoms with Gasteiger partial charge in [0.1, 0.15) is 0 Å². The zero-order chi connectivity index (χ0) is 19.8. The third-order valence-corrected chi connectivity index (χ3v) is 7.59. The van der Waals surface area contributed by atoms with E-state index in [0.29, 0.717) is 6.04 Å². The van der Waals surface area contributed by atoms with Crippen LogP contribution >= 0.6 is 22.9 Å². The Bertz CT molecular complexity index is 1040. The Morgan fingerprint density at radius 1 is 0.862 bits per heavy atom. The maximum atomic E-state index is 12.7. The first-order chi connectivity index (χ1) is 14.2. The molecule has 152 valence electrons. The maximum absolute atomic E-state index is 12.7. The average Bonchev–Trinajstić information content (AvgIpc) is 3.16. The number of H-pyrrole nitrogens is 1. The fourth-order valence-corrected chi connectivity index (χ4v) is 5.47. The minimum absolute atomic E-state index is 0.0184. The molecule has 2 aliphatic rings. The number of aromatic nitrogens is 2. The molecule has 1 aromatic heterocycles. The molecule has 0 bridgehead atoms. The standard InChI is InChI=1S/C23H27IN4O/c24-27-13-9-20(10-14-27)26-11-7-21(8-12-26)28-16-22(25-23(28)29)19-6-5-17-3-1-2-4-18(17)15-19/h1-6,15-16,20-21H,7-14H2,(H,25,29). The van der Waals surface area contributed by atoms with Crippen molar-refractivity contribution in [3.05, 3.63) is 59.1 Å². The topological polar surface area (TPSA) is 44.3 Å². The van der Waals surface area contributed by atoms with Gasteiger partial charge in [-0.1, -0.05) is 36.4 Å². The van der Waals surface area contributed by atoms with Crippen LogP contribution < -0.4 is 5.69 Å². The van der Waals surface area contributed by atoms with E-state index in [1.165, 1.54) is 36.7 Å². The quantitative estimate of drug-likeness (QED) is 0.426. The number of hydrogen-bond acceptors (Lipinski definition) is 3. The minimum atomic E-state index is 0.0184. The monoisotopic (exact) mass is 502 g/mol. The Morgan fingerprint density at radius 3 is 2.31 bits per heavy atom.